The molecule has 7 heteroatoms. The topological polar surface area (TPSA) is 102 Å². The summed E-state index contributed by atoms with van der Waals surface area (Å²) in [5, 5.41) is 22.7. The summed E-state index contributed by atoms with van der Waals surface area (Å²) >= 11 is 5.77. The fourth-order valence-corrected chi connectivity index (χ4v) is 1.58. The van der Waals surface area contributed by atoms with Crippen LogP contribution < -0.4 is 10.6 Å². The number of halogens is 1. The maximum Gasteiger partial charge on any atom is 0.319 e. The summed E-state index contributed by atoms with van der Waals surface area (Å²) in [5.41, 5.74) is 0.542. The first-order valence-corrected chi connectivity index (χ1v) is 5.79. The molecule has 0 heterocycles. The highest BCUT2D eigenvalue weighted by atomic mass is 35.5. The Balaban J connectivity index is 2.69. The van der Waals surface area contributed by atoms with Crippen LogP contribution in [0.15, 0.2) is 18.2 Å². The van der Waals surface area contributed by atoms with Gasteiger partial charge in [0.15, 0.2) is 0 Å². The molecule has 0 spiro atoms. The number of nitriles is 1. The third-order valence-corrected chi connectivity index (χ3v) is 2.44. The Morgan fingerprint density at radius 3 is 2.79 bits per heavy atom. The summed E-state index contributed by atoms with van der Waals surface area (Å²) in [6, 6.07) is 5.27. The molecule has 0 aliphatic heterocycles. The third kappa shape index (κ3) is 4.85. The molecule has 0 aromatic heterocycles. The van der Waals surface area contributed by atoms with Crippen LogP contribution in [0.1, 0.15) is 18.9 Å². The fourth-order valence-electron chi connectivity index (χ4n) is 1.41. The lowest BCUT2D eigenvalue weighted by molar-refractivity contribution is -0.137. The van der Waals surface area contributed by atoms with Gasteiger partial charge in [0.2, 0.25) is 0 Å². The summed E-state index contributed by atoms with van der Waals surface area (Å²) in [7, 11) is 0. The number of nitrogens with zero attached hydrogens (tertiary/aromatic N) is 1. The van der Waals surface area contributed by atoms with Gasteiger partial charge in [-0.3, -0.25) is 4.79 Å². The maximum absolute atomic E-state index is 11.6. The van der Waals surface area contributed by atoms with E-state index in [1.54, 1.807) is 6.92 Å². The number of hydrogen-bond donors (Lipinski definition) is 3. The minimum Gasteiger partial charge on any atom is -0.481 e. The van der Waals surface area contributed by atoms with E-state index in [-0.39, 0.29) is 17.7 Å². The summed E-state index contributed by atoms with van der Waals surface area (Å²) in [4.78, 5) is 22.1. The molecular weight excluding hydrogens is 270 g/mol. The number of carbonyl (C=O) groups excluding carboxylic acids is 1. The maximum atomic E-state index is 11.6. The van der Waals surface area contributed by atoms with Crippen molar-refractivity contribution in [2.45, 2.75) is 19.4 Å². The number of rotatable bonds is 4. The summed E-state index contributed by atoms with van der Waals surface area (Å²) in [6.07, 6.45) is -0.186. The molecule has 2 amide bonds. The van der Waals surface area contributed by atoms with Crippen LogP contribution in [0.5, 0.6) is 0 Å². The van der Waals surface area contributed by atoms with E-state index in [1.165, 1.54) is 18.2 Å². The van der Waals surface area contributed by atoms with Crippen molar-refractivity contribution in [2.24, 2.45) is 0 Å². The van der Waals surface area contributed by atoms with Crippen molar-refractivity contribution >= 4 is 29.3 Å². The smallest absolute Gasteiger partial charge is 0.319 e. The minimum absolute atomic E-state index is 0.186. The summed E-state index contributed by atoms with van der Waals surface area (Å²) < 4.78 is 0. The van der Waals surface area contributed by atoms with Gasteiger partial charge >= 0.3 is 12.0 Å². The predicted octanol–water partition coefficient (Wildman–Crippen LogP) is 2.20. The molecule has 0 fully saturated rings. The predicted molar refractivity (Wildman–Crippen MR) is 70.0 cm³/mol. The van der Waals surface area contributed by atoms with Gasteiger partial charge in [-0.05, 0) is 25.1 Å². The number of hydrogen-bond acceptors (Lipinski definition) is 3. The largest absolute Gasteiger partial charge is 0.481 e. The number of amides is 2. The first-order valence-electron chi connectivity index (χ1n) is 5.41. The van der Waals surface area contributed by atoms with Gasteiger partial charge in [0.05, 0.1) is 17.7 Å². The van der Waals surface area contributed by atoms with E-state index in [0.29, 0.717) is 5.02 Å². The van der Waals surface area contributed by atoms with Gasteiger partial charge in [0.25, 0.3) is 0 Å². The minimum atomic E-state index is -1.01. The number of urea groups is 1. The molecular formula is C12H12ClN3O3. The highest BCUT2D eigenvalue weighted by Gasteiger charge is 2.12. The fraction of sp³-hybridized carbons (Fsp3) is 0.250. The second-order valence-electron chi connectivity index (χ2n) is 3.90. The van der Waals surface area contributed by atoms with Crippen LogP contribution in [0.25, 0.3) is 0 Å². The normalized spacial score (nSPS) is 11.2. The van der Waals surface area contributed by atoms with Crippen LogP contribution in [0.3, 0.4) is 0 Å². The molecule has 100 valence electrons. The third-order valence-electron chi connectivity index (χ3n) is 2.21. The lowest BCUT2D eigenvalue weighted by Gasteiger charge is -2.13. The van der Waals surface area contributed by atoms with Gasteiger partial charge in [0.1, 0.15) is 6.07 Å². The van der Waals surface area contributed by atoms with Crippen molar-refractivity contribution in [1.82, 2.24) is 5.32 Å². The van der Waals surface area contributed by atoms with Gasteiger partial charge in [0, 0.05) is 11.1 Å². The van der Waals surface area contributed by atoms with E-state index in [1.807, 2.05) is 6.07 Å². The van der Waals surface area contributed by atoms with Crippen LogP contribution in [-0.2, 0) is 4.79 Å². The molecule has 1 aromatic carbocycles. The Bertz CT molecular complexity index is 540. The molecule has 0 bridgehead atoms. The standard InChI is InChI=1S/C12H12ClN3O3/c1-7(4-11(17)18)15-12(19)16-10-5-9(13)3-2-8(10)6-14/h2-3,5,7H,4H2,1H3,(H,17,18)(H2,15,16,19). The Kier molecular flexibility index (Phi) is 5.15. The molecule has 3 N–H and O–H groups in total. The second-order valence-corrected chi connectivity index (χ2v) is 4.34. The average molecular weight is 282 g/mol. The molecule has 1 aromatic rings. The quantitative estimate of drug-likeness (QED) is 0.787. The highest BCUT2D eigenvalue weighted by molar-refractivity contribution is 6.31. The Morgan fingerprint density at radius 1 is 1.53 bits per heavy atom. The van der Waals surface area contributed by atoms with Gasteiger partial charge < -0.3 is 15.7 Å². The first kappa shape index (κ1) is 14.8. The van der Waals surface area contributed by atoms with E-state index in [0.717, 1.165) is 0 Å². The molecule has 0 radical (unpaired) electrons. The van der Waals surface area contributed by atoms with Gasteiger partial charge in [-0.2, -0.15) is 5.26 Å². The van der Waals surface area contributed by atoms with Gasteiger partial charge in [-0.1, -0.05) is 11.6 Å². The van der Waals surface area contributed by atoms with Crippen molar-refractivity contribution in [3.8, 4) is 6.07 Å². The molecule has 0 aliphatic rings. The van der Waals surface area contributed by atoms with Crippen molar-refractivity contribution in [3.63, 3.8) is 0 Å². The van der Waals surface area contributed by atoms with E-state index in [4.69, 9.17) is 22.0 Å². The van der Waals surface area contributed by atoms with Crippen LogP contribution >= 0.6 is 11.6 Å². The monoisotopic (exact) mass is 281 g/mol. The van der Waals surface area contributed by atoms with Crippen LogP contribution in [0.2, 0.25) is 5.02 Å². The number of aliphatic carboxylic acids is 1. The molecule has 19 heavy (non-hydrogen) atoms. The number of carbonyl (C=O) groups is 2. The Labute approximate surface area is 115 Å². The lowest BCUT2D eigenvalue weighted by atomic mass is 10.2. The second kappa shape index (κ2) is 6.61. The number of nitrogens with one attached hydrogen (secondary N) is 2. The van der Waals surface area contributed by atoms with Crippen LogP contribution in [0.4, 0.5) is 10.5 Å². The average Bonchev–Trinajstić information content (AvgIpc) is 2.27. The molecule has 6 nitrogen and oxygen atoms in total. The van der Waals surface area contributed by atoms with Crippen LogP contribution in [-0.4, -0.2) is 23.1 Å². The van der Waals surface area contributed by atoms with Crippen molar-refractivity contribution in [3.05, 3.63) is 28.8 Å². The number of carboxylic acid groups (broad SMARTS) is 1. The summed E-state index contributed by atoms with van der Waals surface area (Å²) in [6.45, 7) is 1.57. The molecule has 1 rings (SSSR count). The number of benzene rings is 1. The zero-order valence-electron chi connectivity index (χ0n) is 10.1. The van der Waals surface area contributed by atoms with E-state index < -0.39 is 18.0 Å². The summed E-state index contributed by atoms with van der Waals surface area (Å²) in [5.74, 6) is -1.01. The van der Waals surface area contributed by atoms with E-state index in [2.05, 4.69) is 10.6 Å². The Morgan fingerprint density at radius 2 is 2.21 bits per heavy atom. The lowest BCUT2D eigenvalue weighted by Crippen LogP contribution is -2.37. The van der Waals surface area contributed by atoms with Crippen LogP contribution in [0, 0.1) is 11.3 Å². The van der Waals surface area contributed by atoms with Gasteiger partial charge in [-0.25, -0.2) is 4.79 Å². The van der Waals surface area contributed by atoms with Gasteiger partial charge in [-0.15, -0.1) is 0 Å². The number of anilines is 1. The highest BCUT2D eigenvalue weighted by Crippen LogP contribution is 2.20. The number of carboxylic acids is 1. The molecule has 0 saturated heterocycles. The molecule has 1 atom stereocenters. The SMILES string of the molecule is CC(CC(=O)O)NC(=O)Nc1cc(Cl)ccc1C#N. The Hall–Kier alpha value is -2.26. The van der Waals surface area contributed by atoms with Crippen molar-refractivity contribution in [2.75, 3.05) is 5.32 Å². The zero-order chi connectivity index (χ0) is 14.4. The molecule has 0 aliphatic carbocycles. The van der Waals surface area contributed by atoms with Crippen molar-refractivity contribution in [1.29, 1.82) is 5.26 Å². The zero-order valence-corrected chi connectivity index (χ0v) is 10.9. The molecule has 1 unspecified atom stereocenters. The first-order chi connectivity index (χ1) is 8.92. The molecule has 0 saturated carbocycles. The van der Waals surface area contributed by atoms with E-state index >= 15 is 0 Å². The van der Waals surface area contributed by atoms with Crippen molar-refractivity contribution < 1.29 is 14.7 Å². The van der Waals surface area contributed by atoms with E-state index in [9.17, 15) is 9.59 Å².